The van der Waals surface area contributed by atoms with E-state index >= 15 is 0 Å². The smallest absolute Gasteiger partial charge is 0.276 e. The molecule has 1 amide bonds. The molecule has 0 radical (unpaired) electrons. The Morgan fingerprint density at radius 2 is 2.15 bits per heavy atom. The number of nitrogens with zero attached hydrogens (tertiary/aromatic N) is 5. The second-order valence-corrected chi connectivity index (χ2v) is 11.5. The number of nitrogens with one attached hydrogen (secondary N) is 1. The maximum atomic E-state index is 14.9. The van der Waals surface area contributed by atoms with Gasteiger partial charge in [-0.25, -0.2) is 22.9 Å². The lowest BCUT2D eigenvalue weighted by molar-refractivity contribution is 0.102. The molecule has 2 aromatic rings. The first-order valence-electron chi connectivity index (χ1n) is 10.1. The molecule has 0 aromatic carbocycles. The average molecular weight is 490 g/mol. The van der Waals surface area contributed by atoms with Crippen molar-refractivity contribution in [1.29, 1.82) is 5.26 Å². The van der Waals surface area contributed by atoms with Crippen LogP contribution in [0.3, 0.4) is 0 Å². The van der Waals surface area contributed by atoms with E-state index in [0.29, 0.717) is 13.0 Å². The Balaban J connectivity index is 1.70. The van der Waals surface area contributed by atoms with Crippen LogP contribution in [0.2, 0.25) is 5.02 Å². The Morgan fingerprint density at radius 3 is 2.85 bits per heavy atom. The van der Waals surface area contributed by atoms with Gasteiger partial charge in [0.05, 0.1) is 26.1 Å². The molecule has 2 aliphatic heterocycles. The molecule has 12 heteroatoms. The van der Waals surface area contributed by atoms with Crippen molar-refractivity contribution in [3.63, 3.8) is 0 Å². The number of anilines is 1. The number of aliphatic imine (C=N–C) groups is 1. The molecule has 9 nitrogen and oxygen atoms in total. The molecule has 0 saturated heterocycles. The van der Waals surface area contributed by atoms with E-state index in [0.717, 1.165) is 12.5 Å². The van der Waals surface area contributed by atoms with Crippen LogP contribution in [0, 0.1) is 17.1 Å². The van der Waals surface area contributed by atoms with Gasteiger partial charge in [-0.2, -0.15) is 5.26 Å². The molecule has 3 N–H and O–H groups in total. The van der Waals surface area contributed by atoms with Gasteiger partial charge in [-0.3, -0.25) is 9.79 Å². The molecular formula is C21H21ClFN7O2S. The van der Waals surface area contributed by atoms with Crippen molar-refractivity contribution in [2.45, 2.75) is 37.0 Å². The summed E-state index contributed by atoms with van der Waals surface area (Å²) in [6, 6.07) is 5.61. The van der Waals surface area contributed by atoms with E-state index in [-0.39, 0.29) is 39.4 Å². The van der Waals surface area contributed by atoms with E-state index in [1.165, 1.54) is 18.3 Å². The minimum atomic E-state index is -2.82. The van der Waals surface area contributed by atoms with E-state index in [2.05, 4.69) is 24.6 Å². The Hall–Kier alpha value is -3.10. The van der Waals surface area contributed by atoms with Crippen LogP contribution in [0.4, 0.5) is 10.2 Å². The van der Waals surface area contributed by atoms with Gasteiger partial charge in [0.15, 0.2) is 0 Å². The van der Waals surface area contributed by atoms with Gasteiger partial charge >= 0.3 is 0 Å². The van der Waals surface area contributed by atoms with Gasteiger partial charge in [-0.15, -0.1) is 0 Å². The number of amides is 1. The molecule has 4 rings (SSSR count). The maximum Gasteiger partial charge on any atom is 0.276 e. The first kappa shape index (κ1) is 23.1. The van der Waals surface area contributed by atoms with Crippen LogP contribution in [0.15, 0.2) is 33.8 Å². The second kappa shape index (κ2) is 8.04. The van der Waals surface area contributed by atoms with Crippen LogP contribution >= 0.6 is 11.6 Å². The summed E-state index contributed by atoms with van der Waals surface area (Å²) in [6.07, 6.45) is 2.55. The molecule has 0 aliphatic carbocycles. The maximum absolute atomic E-state index is 14.9. The molecule has 3 atom stereocenters. The number of carbonyl (C=O) groups excluding carboxylic acids is 1. The number of aromatic nitrogens is 2. The van der Waals surface area contributed by atoms with E-state index < -0.39 is 31.7 Å². The van der Waals surface area contributed by atoms with Crippen LogP contribution in [0.25, 0.3) is 0 Å². The van der Waals surface area contributed by atoms with Crippen molar-refractivity contribution in [3.05, 3.63) is 52.2 Å². The van der Waals surface area contributed by atoms with Crippen molar-refractivity contribution in [2.24, 2.45) is 15.1 Å². The molecule has 0 bridgehead atoms. The van der Waals surface area contributed by atoms with Crippen LogP contribution < -0.4 is 11.1 Å². The number of rotatable bonds is 3. The zero-order valence-electron chi connectivity index (χ0n) is 17.9. The summed E-state index contributed by atoms with van der Waals surface area (Å²) in [5.74, 6) is -1.22. The molecular weight excluding hydrogens is 469 g/mol. The Bertz CT molecular complexity index is 1360. The summed E-state index contributed by atoms with van der Waals surface area (Å²) >= 11 is 6.05. The predicted molar refractivity (Wildman–Crippen MR) is 123 cm³/mol. The molecule has 2 aliphatic rings. The third kappa shape index (κ3) is 3.83. The van der Waals surface area contributed by atoms with Crippen LogP contribution in [0.1, 0.15) is 48.4 Å². The highest BCUT2D eigenvalue weighted by molar-refractivity contribution is 7.95. The molecule has 33 heavy (non-hydrogen) atoms. The fourth-order valence-corrected chi connectivity index (χ4v) is 7.25. The van der Waals surface area contributed by atoms with Crippen molar-refractivity contribution in [2.75, 3.05) is 17.6 Å². The second-order valence-electron chi connectivity index (χ2n) is 8.39. The molecule has 0 saturated carbocycles. The van der Waals surface area contributed by atoms with E-state index in [4.69, 9.17) is 22.6 Å². The zero-order valence-corrected chi connectivity index (χ0v) is 19.5. The van der Waals surface area contributed by atoms with Gasteiger partial charge in [0, 0.05) is 12.7 Å². The van der Waals surface area contributed by atoms with Gasteiger partial charge < -0.3 is 11.1 Å². The largest absolute Gasteiger partial charge is 0.386 e. The summed E-state index contributed by atoms with van der Waals surface area (Å²) in [4.78, 5) is 25.3. The number of nitriles is 1. The minimum Gasteiger partial charge on any atom is -0.386 e. The Kier molecular flexibility index (Phi) is 5.62. The first-order valence-corrected chi connectivity index (χ1v) is 12.2. The van der Waals surface area contributed by atoms with Crippen molar-refractivity contribution in [1.82, 2.24) is 9.97 Å². The summed E-state index contributed by atoms with van der Waals surface area (Å²) in [5, 5.41) is 11.4. The number of pyridine rings is 2. The number of nitrogens with two attached hydrogens (primary N) is 1. The lowest BCUT2D eigenvalue weighted by Gasteiger charge is -2.43. The molecule has 3 unspecified atom stereocenters. The third-order valence-electron chi connectivity index (χ3n) is 5.98. The predicted octanol–water partition coefficient (Wildman–Crippen LogP) is 3.00. The number of hydrogen-bond acceptors (Lipinski definition) is 8. The summed E-state index contributed by atoms with van der Waals surface area (Å²) in [5.41, 5.74) is 4.90. The fourth-order valence-electron chi connectivity index (χ4n) is 4.08. The molecule has 172 valence electrons. The average Bonchev–Trinajstić information content (AvgIpc) is 2.76. The quantitative estimate of drug-likeness (QED) is 0.677. The third-order valence-corrected chi connectivity index (χ3v) is 9.65. The summed E-state index contributed by atoms with van der Waals surface area (Å²) in [6.45, 7) is 3.83. The number of hydrogen-bond donors (Lipinski definition) is 2. The number of carbonyl (C=O) groups is 1. The number of halogens is 2. The monoisotopic (exact) mass is 489 g/mol. The zero-order chi connectivity index (χ0) is 24.0. The van der Waals surface area contributed by atoms with Crippen molar-refractivity contribution >= 4 is 38.9 Å². The summed E-state index contributed by atoms with van der Waals surface area (Å²) in [7, 11) is -2.82. The fraction of sp³-hybridized carbons (Fsp3) is 0.381. The lowest BCUT2D eigenvalue weighted by atomic mass is 9.96. The highest BCUT2D eigenvalue weighted by Gasteiger charge is 2.51. The Morgan fingerprint density at radius 1 is 1.39 bits per heavy atom. The highest BCUT2D eigenvalue weighted by atomic mass is 35.5. The standard InChI is InChI=1S/C21H21ClFN7O2S/c1-20(11-33(32)21(2,19(25)30-20)6-3-7-27-33)17-14(23)4-5-15(28-17)29-18(31)16-13(22)8-12(9-24)10-26-16/h4-5,8,10H,3,6-7,11H2,1-2H3,(H2,25,30)(H,28,29,31). The van der Waals surface area contributed by atoms with E-state index in [1.54, 1.807) is 13.8 Å². The van der Waals surface area contributed by atoms with E-state index in [1.807, 2.05) is 6.07 Å². The van der Waals surface area contributed by atoms with Crippen molar-refractivity contribution < 1.29 is 13.4 Å². The van der Waals surface area contributed by atoms with Gasteiger partial charge in [0.2, 0.25) is 0 Å². The topological polar surface area (TPSA) is 146 Å². The summed E-state index contributed by atoms with van der Waals surface area (Å²) < 4.78 is 32.2. The SMILES string of the molecule is CC1(c2nc(NC(=O)c3ncc(C#N)cc3Cl)ccc2F)CS2(=O)=NCCCC2(C)C(N)=N1. The minimum absolute atomic E-state index is 0.0133. The van der Waals surface area contributed by atoms with Gasteiger partial charge in [0.25, 0.3) is 5.91 Å². The molecule has 4 heterocycles. The molecule has 0 fully saturated rings. The van der Waals surface area contributed by atoms with Gasteiger partial charge in [0.1, 0.15) is 45.2 Å². The molecule has 2 aromatic heterocycles. The van der Waals surface area contributed by atoms with Gasteiger partial charge in [-0.05, 0) is 44.9 Å². The first-order chi connectivity index (χ1) is 15.5. The lowest BCUT2D eigenvalue weighted by Crippen LogP contribution is -2.57. The van der Waals surface area contributed by atoms with Crippen LogP contribution in [-0.4, -0.2) is 43.0 Å². The van der Waals surface area contributed by atoms with E-state index in [9.17, 15) is 13.4 Å². The number of fused-ring (bicyclic) bond motifs is 1. The normalized spacial score (nSPS) is 28.6. The van der Waals surface area contributed by atoms with Crippen LogP contribution in [-0.2, 0) is 15.3 Å². The Labute approximate surface area is 195 Å². The van der Waals surface area contributed by atoms with Crippen molar-refractivity contribution in [3.8, 4) is 6.07 Å². The van der Waals surface area contributed by atoms with Crippen LogP contribution in [0.5, 0.6) is 0 Å². The van der Waals surface area contributed by atoms with Gasteiger partial charge in [-0.1, -0.05) is 11.6 Å². The number of amidine groups is 1. The molecule has 0 spiro atoms. The highest BCUT2D eigenvalue weighted by Crippen LogP contribution is 2.42.